The van der Waals surface area contributed by atoms with Crippen molar-refractivity contribution in [3.8, 4) is 5.75 Å². The van der Waals surface area contributed by atoms with Crippen molar-refractivity contribution >= 4 is 22.6 Å². The van der Waals surface area contributed by atoms with Crippen molar-refractivity contribution in [2.75, 3.05) is 6.61 Å². The summed E-state index contributed by atoms with van der Waals surface area (Å²) < 4.78 is 10.8. The molecule has 6 heteroatoms. The topological polar surface area (TPSA) is 94.1 Å². The molecule has 0 amide bonds. The number of esters is 1. The Morgan fingerprint density at radius 2 is 1.70 bits per heavy atom. The molecular weight excluding hydrogens is 344 g/mol. The molecule has 27 heavy (non-hydrogen) atoms. The standard InChI is InChI=1S/C21H20N2O4/c1-2-26-21(24)16-5-3-14(4-6-16)13-27-19-10-9-15-7-8-17(20(22)23-25)11-18(15)12-19/h3-12,25H,2,13H2,1H3,(H2,22,23). The van der Waals surface area contributed by atoms with Crippen LogP contribution in [0.2, 0.25) is 0 Å². The molecule has 0 aromatic heterocycles. The molecule has 0 fully saturated rings. The number of amidine groups is 1. The molecule has 0 bridgehead atoms. The summed E-state index contributed by atoms with van der Waals surface area (Å²) in [5, 5.41) is 13.8. The van der Waals surface area contributed by atoms with E-state index in [1.54, 1.807) is 25.1 Å². The van der Waals surface area contributed by atoms with E-state index in [2.05, 4.69) is 5.16 Å². The average molecular weight is 364 g/mol. The number of carbonyl (C=O) groups excluding carboxylic acids is 1. The van der Waals surface area contributed by atoms with Crippen molar-refractivity contribution in [2.45, 2.75) is 13.5 Å². The highest BCUT2D eigenvalue weighted by Gasteiger charge is 2.06. The first kappa shape index (κ1) is 18.3. The Labute approximate surface area is 156 Å². The summed E-state index contributed by atoms with van der Waals surface area (Å²) in [5.74, 6) is 0.430. The number of benzene rings is 3. The number of nitrogens with zero attached hydrogens (tertiary/aromatic N) is 1. The molecule has 0 saturated carbocycles. The lowest BCUT2D eigenvalue weighted by Crippen LogP contribution is -2.12. The van der Waals surface area contributed by atoms with Gasteiger partial charge in [0.2, 0.25) is 0 Å². The van der Waals surface area contributed by atoms with Crippen LogP contribution < -0.4 is 10.5 Å². The van der Waals surface area contributed by atoms with Gasteiger partial charge in [-0.2, -0.15) is 0 Å². The summed E-state index contributed by atoms with van der Waals surface area (Å²) in [4.78, 5) is 11.7. The van der Waals surface area contributed by atoms with Gasteiger partial charge in [0.05, 0.1) is 12.2 Å². The molecule has 0 spiro atoms. The number of hydrogen-bond donors (Lipinski definition) is 2. The quantitative estimate of drug-likeness (QED) is 0.229. The van der Waals surface area contributed by atoms with E-state index in [9.17, 15) is 4.79 Å². The average Bonchev–Trinajstić information content (AvgIpc) is 2.71. The molecule has 0 heterocycles. The number of nitrogens with two attached hydrogens (primary N) is 1. The summed E-state index contributed by atoms with van der Waals surface area (Å²) in [6.07, 6.45) is 0. The number of hydrogen-bond acceptors (Lipinski definition) is 5. The zero-order valence-electron chi connectivity index (χ0n) is 14.9. The highest BCUT2D eigenvalue weighted by Crippen LogP contribution is 2.23. The number of ether oxygens (including phenoxy) is 2. The van der Waals surface area contributed by atoms with E-state index in [1.807, 2.05) is 42.5 Å². The fraction of sp³-hybridized carbons (Fsp3) is 0.143. The van der Waals surface area contributed by atoms with Crippen LogP contribution in [-0.2, 0) is 11.3 Å². The lowest BCUT2D eigenvalue weighted by Gasteiger charge is -2.09. The zero-order valence-corrected chi connectivity index (χ0v) is 14.9. The molecule has 6 nitrogen and oxygen atoms in total. The van der Waals surface area contributed by atoms with Gasteiger partial charge in [0.15, 0.2) is 5.84 Å². The monoisotopic (exact) mass is 364 g/mol. The SMILES string of the molecule is CCOC(=O)c1ccc(COc2ccc3ccc(C(N)=NO)cc3c2)cc1. The van der Waals surface area contributed by atoms with Gasteiger partial charge >= 0.3 is 5.97 Å². The van der Waals surface area contributed by atoms with Crippen LogP contribution in [0.15, 0.2) is 65.8 Å². The van der Waals surface area contributed by atoms with Crippen molar-refractivity contribution in [3.05, 3.63) is 77.4 Å². The summed E-state index contributed by atoms with van der Waals surface area (Å²) in [6.45, 7) is 2.50. The molecular formula is C21H20N2O4. The second-order valence-electron chi connectivity index (χ2n) is 5.92. The van der Waals surface area contributed by atoms with Crippen molar-refractivity contribution in [3.63, 3.8) is 0 Å². The largest absolute Gasteiger partial charge is 0.489 e. The molecule has 3 aromatic rings. The predicted molar refractivity (Wildman–Crippen MR) is 103 cm³/mol. The van der Waals surface area contributed by atoms with E-state index in [-0.39, 0.29) is 11.8 Å². The lowest BCUT2D eigenvalue weighted by atomic mass is 10.1. The molecule has 3 rings (SSSR count). The minimum absolute atomic E-state index is 0.0601. The molecule has 0 unspecified atom stereocenters. The van der Waals surface area contributed by atoms with E-state index in [0.717, 1.165) is 16.3 Å². The van der Waals surface area contributed by atoms with Gasteiger partial charge in [0.25, 0.3) is 0 Å². The Balaban J connectivity index is 1.72. The van der Waals surface area contributed by atoms with Crippen LogP contribution in [0, 0.1) is 0 Å². The maximum Gasteiger partial charge on any atom is 0.338 e. The summed E-state index contributed by atoms with van der Waals surface area (Å²) in [5.41, 5.74) is 7.74. The minimum atomic E-state index is -0.332. The fourth-order valence-corrected chi connectivity index (χ4v) is 2.65. The van der Waals surface area contributed by atoms with Crippen LogP contribution in [0.25, 0.3) is 10.8 Å². The highest BCUT2D eigenvalue weighted by atomic mass is 16.5. The molecule has 3 aromatic carbocycles. The Bertz CT molecular complexity index is 981. The van der Waals surface area contributed by atoms with Crippen LogP contribution >= 0.6 is 0 Å². The van der Waals surface area contributed by atoms with E-state index in [0.29, 0.717) is 30.1 Å². The van der Waals surface area contributed by atoms with E-state index >= 15 is 0 Å². The van der Waals surface area contributed by atoms with Crippen LogP contribution in [0.3, 0.4) is 0 Å². The normalized spacial score (nSPS) is 11.4. The summed E-state index contributed by atoms with van der Waals surface area (Å²) in [6, 6.07) is 18.4. The predicted octanol–water partition coefficient (Wildman–Crippen LogP) is 3.69. The number of rotatable bonds is 6. The summed E-state index contributed by atoms with van der Waals surface area (Å²) >= 11 is 0. The van der Waals surface area contributed by atoms with Gasteiger partial charge in [-0.05, 0) is 53.6 Å². The van der Waals surface area contributed by atoms with Gasteiger partial charge in [-0.25, -0.2) is 4.79 Å². The van der Waals surface area contributed by atoms with Gasteiger partial charge in [0, 0.05) is 5.56 Å². The maximum absolute atomic E-state index is 11.7. The van der Waals surface area contributed by atoms with Gasteiger partial charge in [-0.15, -0.1) is 0 Å². The molecule has 0 aliphatic heterocycles. The highest BCUT2D eigenvalue weighted by molar-refractivity contribution is 6.00. The minimum Gasteiger partial charge on any atom is -0.489 e. The zero-order chi connectivity index (χ0) is 19.2. The van der Waals surface area contributed by atoms with Crippen molar-refractivity contribution in [1.29, 1.82) is 0 Å². The van der Waals surface area contributed by atoms with Gasteiger partial charge in [-0.1, -0.05) is 35.5 Å². The van der Waals surface area contributed by atoms with Gasteiger partial charge < -0.3 is 20.4 Å². The molecule has 0 atom stereocenters. The molecule has 0 aliphatic rings. The molecule has 0 aliphatic carbocycles. The Hall–Kier alpha value is -3.54. The maximum atomic E-state index is 11.7. The van der Waals surface area contributed by atoms with Crippen LogP contribution in [0.4, 0.5) is 0 Å². The first-order valence-corrected chi connectivity index (χ1v) is 8.51. The molecule has 0 radical (unpaired) electrons. The third-order valence-corrected chi connectivity index (χ3v) is 4.09. The lowest BCUT2D eigenvalue weighted by molar-refractivity contribution is 0.0526. The number of oxime groups is 1. The van der Waals surface area contributed by atoms with Gasteiger partial charge in [-0.3, -0.25) is 0 Å². The first-order valence-electron chi connectivity index (χ1n) is 8.51. The van der Waals surface area contributed by atoms with Crippen LogP contribution in [-0.4, -0.2) is 23.6 Å². The van der Waals surface area contributed by atoms with E-state index in [4.69, 9.17) is 20.4 Å². The van der Waals surface area contributed by atoms with Crippen molar-refractivity contribution < 1.29 is 19.5 Å². The summed E-state index contributed by atoms with van der Waals surface area (Å²) in [7, 11) is 0. The van der Waals surface area contributed by atoms with E-state index < -0.39 is 0 Å². The Morgan fingerprint density at radius 3 is 2.41 bits per heavy atom. The molecule has 3 N–H and O–H groups in total. The van der Waals surface area contributed by atoms with Crippen LogP contribution in [0.1, 0.15) is 28.4 Å². The van der Waals surface area contributed by atoms with Crippen molar-refractivity contribution in [1.82, 2.24) is 0 Å². The third-order valence-electron chi connectivity index (χ3n) is 4.09. The van der Waals surface area contributed by atoms with E-state index in [1.165, 1.54) is 0 Å². The first-order chi connectivity index (χ1) is 13.1. The van der Waals surface area contributed by atoms with Gasteiger partial charge in [0.1, 0.15) is 12.4 Å². The Morgan fingerprint density at radius 1 is 1.00 bits per heavy atom. The Kier molecular flexibility index (Phi) is 5.56. The second-order valence-corrected chi connectivity index (χ2v) is 5.92. The fourth-order valence-electron chi connectivity index (χ4n) is 2.65. The second kappa shape index (κ2) is 8.23. The number of fused-ring (bicyclic) bond motifs is 1. The van der Waals surface area contributed by atoms with Crippen LogP contribution in [0.5, 0.6) is 5.75 Å². The number of carbonyl (C=O) groups is 1. The third kappa shape index (κ3) is 4.36. The molecule has 138 valence electrons. The van der Waals surface area contributed by atoms with Crippen molar-refractivity contribution in [2.24, 2.45) is 10.9 Å². The molecule has 0 saturated heterocycles. The smallest absolute Gasteiger partial charge is 0.338 e.